The Hall–Kier alpha value is -1.09. The van der Waals surface area contributed by atoms with Gasteiger partial charge in [0.15, 0.2) is 0 Å². The van der Waals surface area contributed by atoms with Crippen LogP contribution in [0.25, 0.3) is 0 Å². The molecule has 0 amide bonds. The van der Waals surface area contributed by atoms with Gasteiger partial charge in [-0.05, 0) is 49.6 Å². The van der Waals surface area contributed by atoms with Gasteiger partial charge in [-0.15, -0.1) is 0 Å². The van der Waals surface area contributed by atoms with Crippen molar-refractivity contribution in [1.82, 2.24) is 10.3 Å². The van der Waals surface area contributed by atoms with Gasteiger partial charge in [-0.3, -0.25) is 4.98 Å². The van der Waals surface area contributed by atoms with Crippen LogP contribution < -0.4 is 10.1 Å². The Morgan fingerprint density at radius 3 is 2.81 bits per heavy atom. The quantitative estimate of drug-likeness (QED) is 0.852. The molecule has 0 radical (unpaired) electrons. The third-order valence-corrected chi connectivity index (χ3v) is 5.10. The summed E-state index contributed by atoms with van der Waals surface area (Å²) in [6, 6.07) is 2.51. The Morgan fingerprint density at radius 2 is 2.14 bits per heavy atom. The van der Waals surface area contributed by atoms with Crippen LogP contribution in [0.2, 0.25) is 0 Å². The van der Waals surface area contributed by atoms with Crippen molar-refractivity contribution in [2.75, 3.05) is 13.7 Å². The van der Waals surface area contributed by atoms with Crippen LogP contribution in [0.1, 0.15) is 58.1 Å². The fourth-order valence-electron chi connectivity index (χ4n) is 3.54. The van der Waals surface area contributed by atoms with E-state index in [0.29, 0.717) is 12.0 Å². The maximum atomic E-state index is 5.54. The fourth-order valence-corrected chi connectivity index (χ4v) is 3.54. The minimum absolute atomic E-state index is 0.387. The number of rotatable bonds is 6. The molecule has 0 aliphatic heterocycles. The Bertz CT molecular complexity index is 435. The van der Waals surface area contributed by atoms with Gasteiger partial charge in [0.05, 0.1) is 13.3 Å². The number of pyridine rings is 1. The van der Waals surface area contributed by atoms with E-state index in [0.717, 1.165) is 30.6 Å². The number of hydrogen-bond acceptors (Lipinski definition) is 3. The number of aromatic nitrogens is 1. The summed E-state index contributed by atoms with van der Waals surface area (Å²) in [7, 11) is 1.74. The second kappa shape index (κ2) is 7.79. The highest BCUT2D eigenvalue weighted by molar-refractivity contribution is 5.33. The maximum Gasteiger partial charge on any atom is 0.141 e. The number of nitrogens with zero attached hydrogens (tertiary/aromatic N) is 1. The molecule has 4 atom stereocenters. The third kappa shape index (κ3) is 3.97. The van der Waals surface area contributed by atoms with Crippen LogP contribution in [-0.4, -0.2) is 18.6 Å². The van der Waals surface area contributed by atoms with Gasteiger partial charge in [-0.2, -0.15) is 0 Å². The normalized spacial score (nSPS) is 27.3. The molecule has 1 aromatic rings. The first-order chi connectivity index (χ1) is 10.2. The maximum absolute atomic E-state index is 5.54. The summed E-state index contributed by atoms with van der Waals surface area (Å²) in [6.07, 6.45) is 8.82. The van der Waals surface area contributed by atoms with Crippen molar-refractivity contribution in [2.24, 2.45) is 17.8 Å². The number of ether oxygens (including phenoxy) is 1. The molecule has 0 aromatic carbocycles. The van der Waals surface area contributed by atoms with Crippen molar-refractivity contribution >= 4 is 0 Å². The smallest absolute Gasteiger partial charge is 0.141 e. The molecule has 4 unspecified atom stereocenters. The van der Waals surface area contributed by atoms with Crippen LogP contribution in [0, 0.1) is 17.8 Å². The Morgan fingerprint density at radius 1 is 1.33 bits per heavy atom. The molecule has 0 bridgehead atoms. The van der Waals surface area contributed by atoms with E-state index in [2.05, 4.69) is 37.1 Å². The van der Waals surface area contributed by atoms with Crippen LogP contribution >= 0.6 is 0 Å². The number of methoxy groups -OCH3 is 1. The first kappa shape index (κ1) is 16.3. The molecule has 118 valence electrons. The SMILES string of the molecule is CCCNC(c1ccncc1OC)C1CCC(C)C(C)C1. The minimum atomic E-state index is 0.387. The zero-order valence-corrected chi connectivity index (χ0v) is 13.9. The lowest BCUT2D eigenvalue weighted by Gasteiger charge is -2.37. The highest BCUT2D eigenvalue weighted by atomic mass is 16.5. The number of nitrogens with one attached hydrogen (secondary N) is 1. The summed E-state index contributed by atoms with van der Waals surface area (Å²) in [5.41, 5.74) is 1.27. The van der Waals surface area contributed by atoms with E-state index < -0.39 is 0 Å². The summed E-state index contributed by atoms with van der Waals surface area (Å²) in [6.45, 7) is 8.07. The molecular formula is C18H30N2O. The molecular weight excluding hydrogens is 260 g/mol. The minimum Gasteiger partial charge on any atom is -0.495 e. The Labute approximate surface area is 129 Å². The van der Waals surface area contributed by atoms with Crippen molar-refractivity contribution < 1.29 is 4.74 Å². The van der Waals surface area contributed by atoms with Crippen molar-refractivity contribution in [2.45, 2.75) is 52.5 Å². The molecule has 3 heteroatoms. The van der Waals surface area contributed by atoms with Crippen molar-refractivity contribution in [3.63, 3.8) is 0 Å². The molecule has 3 nitrogen and oxygen atoms in total. The van der Waals surface area contributed by atoms with E-state index in [1.807, 2.05) is 12.4 Å². The lowest BCUT2D eigenvalue weighted by molar-refractivity contribution is 0.169. The van der Waals surface area contributed by atoms with E-state index in [9.17, 15) is 0 Å². The lowest BCUT2D eigenvalue weighted by atomic mass is 9.72. The summed E-state index contributed by atoms with van der Waals surface area (Å²) in [5.74, 6) is 3.27. The molecule has 1 N–H and O–H groups in total. The van der Waals surface area contributed by atoms with Gasteiger partial charge in [0.2, 0.25) is 0 Å². The van der Waals surface area contributed by atoms with Crippen LogP contribution in [-0.2, 0) is 0 Å². The van der Waals surface area contributed by atoms with Crippen molar-refractivity contribution in [1.29, 1.82) is 0 Å². The van der Waals surface area contributed by atoms with Crippen molar-refractivity contribution in [3.8, 4) is 5.75 Å². The predicted octanol–water partition coefficient (Wildman–Crippen LogP) is 4.20. The van der Waals surface area contributed by atoms with E-state index >= 15 is 0 Å². The van der Waals surface area contributed by atoms with Gasteiger partial charge in [0, 0.05) is 17.8 Å². The zero-order valence-electron chi connectivity index (χ0n) is 13.9. The van der Waals surface area contributed by atoms with Gasteiger partial charge in [0.1, 0.15) is 5.75 Å². The molecule has 2 rings (SSSR count). The monoisotopic (exact) mass is 290 g/mol. The summed E-state index contributed by atoms with van der Waals surface area (Å²) < 4.78 is 5.54. The molecule has 1 aromatic heterocycles. The van der Waals surface area contributed by atoms with Crippen LogP contribution in [0.4, 0.5) is 0 Å². The molecule has 1 saturated carbocycles. The molecule has 21 heavy (non-hydrogen) atoms. The zero-order chi connectivity index (χ0) is 15.2. The second-order valence-corrected chi connectivity index (χ2v) is 6.58. The van der Waals surface area contributed by atoms with E-state index in [-0.39, 0.29) is 0 Å². The first-order valence-electron chi connectivity index (χ1n) is 8.38. The van der Waals surface area contributed by atoms with Crippen LogP contribution in [0.15, 0.2) is 18.5 Å². The lowest BCUT2D eigenvalue weighted by Crippen LogP contribution is -2.34. The highest BCUT2D eigenvalue weighted by Crippen LogP contribution is 2.41. The van der Waals surface area contributed by atoms with E-state index in [1.165, 1.54) is 24.8 Å². The topological polar surface area (TPSA) is 34.2 Å². The highest BCUT2D eigenvalue weighted by Gasteiger charge is 2.32. The van der Waals surface area contributed by atoms with Crippen molar-refractivity contribution in [3.05, 3.63) is 24.0 Å². The molecule has 0 spiro atoms. The van der Waals surface area contributed by atoms with E-state index in [4.69, 9.17) is 4.74 Å². The average molecular weight is 290 g/mol. The average Bonchev–Trinajstić information content (AvgIpc) is 2.51. The molecule has 0 saturated heterocycles. The largest absolute Gasteiger partial charge is 0.495 e. The van der Waals surface area contributed by atoms with E-state index in [1.54, 1.807) is 7.11 Å². The van der Waals surface area contributed by atoms with Gasteiger partial charge in [-0.1, -0.05) is 27.2 Å². The third-order valence-electron chi connectivity index (χ3n) is 5.10. The number of hydrogen-bond donors (Lipinski definition) is 1. The predicted molar refractivity (Wildman–Crippen MR) is 87.5 cm³/mol. The standard InChI is InChI=1S/C18H30N2O/c1-5-9-20-18(15-7-6-13(2)14(3)11-15)16-8-10-19-12-17(16)21-4/h8,10,12-15,18,20H,5-7,9,11H2,1-4H3. The van der Waals surface area contributed by atoms with Gasteiger partial charge < -0.3 is 10.1 Å². The first-order valence-corrected chi connectivity index (χ1v) is 8.38. The molecule has 1 aliphatic rings. The molecule has 1 heterocycles. The van der Waals surface area contributed by atoms with Gasteiger partial charge in [-0.25, -0.2) is 0 Å². The fraction of sp³-hybridized carbons (Fsp3) is 0.722. The summed E-state index contributed by atoms with van der Waals surface area (Å²) >= 11 is 0. The van der Waals surface area contributed by atoms with Crippen LogP contribution in [0.3, 0.4) is 0 Å². The summed E-state index contributed by atoms with van der Waals surface area (Å²) in [4.78, 5) is 4.20. The summed E-state index contributed by atoms with van der Waals surface area (Å²) in [5, 5.41) is 3.76. The molecule has 1 aliphatic carbocycles. The molecule has 1 fully saturated rings. The Balaban J connectivity index is 2.21. The van der Waals surface area contributed by atoms with Gasteiger partial charge >= 0.3 is 0 Å². The van der Waals surface area contributed by atoms with Crippen LogP contribution in [0.5, 0.6) is 5.75 Å². The van der Waals surface area contributed by atoms with Gasteiger partial charge in [0.25, 0.3) is 0 Å². The second-order valence-electron chi connectivity index (χ2n) is 6.58. The Kier molecular flexibility index (Phi) is 6.04.